The van der Waals surface area contributed by atoms with E-state index in [9.17, 15) is 0 Å². The van der Waals surface area contributed by atoms with Gasteiger partial charge < -0.3 is 0 Å². The molecule has 2 aromatic rings. The number of aryl methyl sites for hydroxylation is 2. The molecule has 0 atom stereocenters. The maximum Gasteiger partial charge on any atom is 0.0716 e. The minimum atomic E-state index is 1.11. The molecule has 3 rings (SSSR count). The van der Waals surface area contributed by atoms with Crippen LogP contribution in [0, 0.1) is 0 Å². The van der Waals surface area contributed by atoms with Gasteiger partial charge in [0.2, 0.25) is 0 Å². The molecule has 0 radical (unpaired) electrons. The summed E-state index contributed by atoms with van der Waals surface area (Å²) in [6.45, 7) is 0. The highest BCUT2D eigenvalue weighted by Crippen LogP contribution is 2.26. The van der Waals surface area contributed by atoms with Gasteiger partial charge in [0.15, 0.2) is 0 Å². The molecule has 0 bridgehead atoms. The summed E-state index contributed by atoms with van der Waals surface area (Å²) in [5.74, 6) is 0. The SMILES string of the molecule is Brc1ccc2cc3c(nc2c1)CCC3. The van der Waals surface area contributed by atoms with Gasteiger partial charge in [-0.3, -0.25) is 4.98 Å². The standard InChI is InChI=1S/C12H10BrN/c13-10-5-4-9-6-8-2-1-3-11(8)14-12(9)7-10/h4-7H,1-3H2. The lowest BCUT2D eigenvalue weighted by Gasteiger charge is -2.02. The zero-order valence-corrected chi connectivity index (χ0v) is 9.34. The van der Waals surface area contributed by atoms with E-state index < -0.39 is 0 Å². The van der Waals surface area contributed by atoms with Gasteiger partial charge in [0, 0.05) is 15.6 Å². The van der Waals surface area contributed by atoms with Crippen LogP contribution in [0.3, 0.4) is 0 Å². The predicted octanol–water partition coefficient (Wildman–Crippen LogP) is 3.49. The van der Waals surface area contributed by atoms with Crippen molar-refractivity contribution in [1.29, 1.82) is 0 Å². The molecule has 0 saturated heterocycles. The molecule has 0 fully saturated rings. The summed E-state index contributed by atoms with van der Waals surface area (Å²) in [7, 11) is 0. The van der Waals surface area contributed by atoms with Crippen molar-refractivity contribution in [3.63, 3.8) is 0 Å². The smallest absolute Gasteiger partial charge is 0.0716 e. The van der Waals surface area contributed by atoms with Crippen molar-refractivity contribution in [3.05, 3.63) is 40.0 Å². The monoisotopic (exact) mass is 247 g/mol. The van der Waals surface area contributed by atoms with Crippen molar-refractivity contribution in [2.75, 3.05) is 0 Å². The first-order valence-corrected chi connectivity index (χ1v) is 5.70. The molecule has 1 aliphatic carbocycles. The maximum atomic E-state index is 4.69. The number of nitrogens with zero attached hydrogens (tertiary/aromatic N) is 1. The van der Waals surface area contributed by atoms with Gasteiger partial charge in [-0.25, -0.2) is 0 Å². The van der Waals surface area contributed by atoms with Gasteiger partial charge in [-0.05, 0) is 43.0 Å². The molecular formula is C12H10BrN. The number of hydrogen-bond donors (Lipinski definition) is 0. The molecule has 14 heavy (non-hydrogen) atoms. The van der Waals surface area contributed by atoms with E-state index >= 15 is 0 Å². The summed E-state index contributed by atoms with van der Waals surface area (Å²) >= 11 is 3.47. The minimum absolute atomic E-state index is 1.11. The van der Waals surface area contributed by atoms with Crippen LogP contribution in [0.25, 0.3) is 10.9 Å². The number of aromatic nitrogens is 1. The summed E-state index contributed by atoms with van der Waals surface area (Å²) < 4.78 is 1.11. The van der Waals surface area contributed by atoms with Crippen LogP contribution >= 0.6 is 15.9 Å². The Morgan fingerprint density at radius 3 is 3.00 bits per heavy atom. The van der Waals surface area contributed by atoms with Gasteiger partial charge >= 0.3 is 0 Å². The summed E-state index contributed by atoms with van der Waals surface area (Å²) in [6.07, 6.45) is 3.62. The zero-order valence-electron chi connectivity index (χ0n) is 7.76. The molecule has 1 heterocycles. The van der Waals surface area contributed by atoms with Gasteiger partial charge in [-0.2, -0.15) is 0 Å². The fourth-order valence-electron chi connectivity index (χ4n) is 2.10. The summed E-state index contributed by atoms with van der Waals surface area (Å²) in [5.41, 5.74) is 3.86. The Hall–Kier alpha value is -0.890. The van der Waals surface area contributed by atoms with E-state index in [1.165, 1.54) is 29.5 Å². The Bertz CT molecular complexity index is 505. The normalized spacial score (nSPS) is 14.6. The molecule has 0 unspecified atom stereocenters. The van der Waals surface area contributed by atoms with Crippen LogP contribution in [0.4, 0.5) is 0 Å². The van der Waals surface area contributed by atoms with E-state index in [-0.39, 0.29) is 0 Å². The van der Waals surface area contributed by atoms with E-state index in [1.54, 1.807) is 0 Å². The van der Waals surface area contributed by atoms with E-state index in [0.717, 1.165) is 16.4 Å². The minimum Gasteiger partial charge on any atom is -0.253 e. The summed E-state index contributed by atoms with van der Waals surface area (Å²) in [4.78, 5) is 4.69. The molecule has 0 spiro atoms. The number of hydrogen-bond acceptors (Lipinski definition) is 1. The first-order chi connectivity index (χ1) is 6.83. The molecule has 1 nitrogen and oxygen atoms in total. The first-order valence-electron chi connectivity index (χ1n) is 4.91. The maximum absolute atomic E-state index is 4.69. The average Bonchev–Trinajstić information content (AvgIpc) is 2.61. The Balaban J connectivity index is 2.33. The molecule has 70 valence electrons. The van der Waals surface area contributed by atoms with E-state index in [4.69, 9.17) is 0 Å². The Kier molecular flexibility index (Phi) is 1.84. The third-order valence-corrected chi connectivity index (χ3v) is 3.30. The van der Waals surface area contributed by atoms with Gasteiger partial charge in [0.05, 0.1) is 5.52 Å². The van der Waals surface area contributed by atoms with Crippen LogP contribution in [0.5, 0.6) is 0 Å². The van der Waals surface area contributed by atoms with Crippen LogP contribution in [0.2, 0.25) is 0 Å². The third-order valence-electron chi connectivity index (χ3n) is 2.81. The van der Waals surface area contributed by atoms with E-state index in [1.807, 2.05) is 0 Å². The summed E-state index contributed by atoms with van der Waals surface area (Å²) in [5, 5.41) is 1.26. The Labute approximate surface area is 91.3 Å². The summed E-state index contributed by atoms with van der Waals surface area (Å²) in [6, 6.07) is 8.58. The van der Waals surface area contributed by atoms with Gasteiger partial charge in [0.1, 0.15) is 0 Å². The van der Waals surface area contributed by atoms with Crippen LogP contribution in [-0.2, 0) is 12.8 Å². The second-order valence-corrected chi connectivity index (χ2v) is 4.70. The van der Waals surface area contributed by atoms with Crippen molar-refractivity contribution < 1.29 is 0 Å². The quantitative estimate of drug-likeness (QED) is 0.695. The van der Waals surface area contributed by atoms with E-state index in [2.05, 4.69) is 45.2 Å². The lowest BCUT2D eigenvalue weighted by atomic mass is 10.1. The lowest BCUT2D eigenvalue weighted by molar-refractivity contribution is 0.901. The molecule has 0 amide bonds. The van der Waals surface area contributed by atoms with Gasteiger partial charge in [0.25, 0.3) is 0 Å². The van der Waals surface area contributed by atoms with Gasteiger partial charge in [-0.15, -0.1) is 0 Å². The molecule has 0 saturated carbocycles. The van der Waals surface area contributed by atoms with Crippen molar-refractivity contribution in [1.82, 2.24) is 4.98 Å². The third kappa shape index (κ3) is 1.25. The number of halogens is 1. The first kappa shape index (κ1) is 8.42. The number of pyridine rings is 1. The number of benzene rings is 1. The van der Waals surface area contributed by atoms with Crippen LogP contribution in [-0.4, -0.2) is 4.98 Å². The van der Waals surface area contributed by atoms with Crippen molar-refractivity contribution in [2.24, 2.45) is 0 Å². The zero-order chi connectivity index (χ0) is 9.54. The average molecular weight is 248 g/mol. The predicted molar refractivity (Wildman–Crippen MR) is 61.5 cm³/mol. The van der Waals surface area contributed by atoms with Crippen molar-refractivity contribution in [2.45, 2.75) is 19.3 Å². The molecule has 0 N–H and O–H groups in total. The highest BCUT2D eigenvalue weighted by atomic mass is 79.9. The Morgan fingerprint density at radius 1 is 1.14 bits per heavy atom. The molecule has 1 aromatic heterocycles. The van der Waals surface area contributed by atoms with Crippen molar-refractivity contribution in [3.8, 4) is 0 Å². The molecule has 2 heteroatoms. The van der Waals surface area contributed by atoms with Crippen LogP contribution < -0.4 is 0 Å². The fourth-order valence-corrected chi connectivity index (χ4v) is 2.45. The fraction of sp³-hybridized carbons (Fsp3) is 0.250. The lowest BCUT2D eigenvalue weighted by Crippen LogP contribution is -1.89. The van der Waals surface area contributed by atoms with Gasteiger partial charge in [-0.1, -0.05) is 22.0 Å². The highest BCUT2D eigenvalue weighted by molar-refractivity contribution is 9.10. The molecular weight excluding hydrogens is 238 g/mol. The topological polar surface area (TPSA) is 12.9 Å². The molecule has 0 aliphatic heterocycles. The van der Waals surface area contributed by atoms with E-state index in [0.29, 0.717) is 0 Å². The molecule has 1 aromatic carbocycles. The molecule has 1 aliphatic rings. The number of fused-ring (bicyclic) bond motifs is 2. The van der Waals surface area contributed by atoms with Crippen LogP contribution in [0.15, 0.2) is 28.7 Å². The Morgan fingerprint density at radius 2 is 2.07 bits per heavy atom. The second kappa shape index (κ2) is 3.06. The number of rotatable bonds is 0. The largest absolute Gasteiger partial charge is 0.253 e. The second-order valence-electron chi connectivity index (χ2n) is 3.78. The highest BCUT2D eigenvalue weighted by Gasteiger charge is 2.12. The van der Waals surface area contributed by atoms with Crippen molar-refractivity contribution >= 4 is 26.8 Å². The van der Waals surface area contributed by atoms with Crippen LogP contribution in [0.1, 0.15) is 17.7 Å².